The summed E-state index contributed by atoms with van der Waals surface area (Å²) >= 11 is 3.23. The third-order valence-corrected chi connectivity index (χ3v) is 7.12. The largest absolute Gasteiger partial charge is 0.745 e. The van der Waals surface area contributed by atoms with Gasteiger partial charge in [-0.3, -0.25) is 4.57 Å². The number of fused-ring (bicyclic) bond motifs is 1. The summed E-state index contributed by atoms with van der Waals surface area (Å²) in [4.78, 5) is 11.1. The lowest BCUT2D eigenvalue weighted by molar-refractivity contribution is -0.725. The standard InChI is InChI=1S/C12H23N.C10H9O4PS/c1-3-7-11(8-4-1)13-12-9-5-2-6-10-12;11-15(12,14-16)13-10-7-3-5-8-4-1-2-6-9(8)10/h11-13H,1-10H2;1-7,16H,(H,11,12). The molecule has 2 aliphatic carbocycles. The van der Waals surface area contributed by atoms with Gasteiger partial charge in [-0.1, -0.05) is 49.2 Å². The van der Waals surface area contributed by atoms with E-state index >= 15 is 0 Å². The normalized spacial score (nSPS) is 20.5. The van der Waals surface area contributed by atoms with Crippen molar-refractivity contribution in [2.24, 2.45) is 0 Å². The predicted octanol–water partition coefficient (Wildman–Crippen LogP) is 4.76. The number of phosphoric ester groups is 1. The van der Waals surface area contributed by atoms with Crippen LogP contribution in [0.25, 0.3) is 10.8 Å². The predicted molar refractivity (Wildman–Crippen MR) is 118 cm³/mol. The lowest BCUT2D eigenvalue weighted by Crippen LogP contribution is -2.95. The van der Waals surface area contributed by atoms with Crippen LogP contribution >= 0.6 is 20.7 Å². The Morgan fingerprint density at radius 3 is 2.00 bits per heavy atom. The molecule has 0 amide bonds. The topological polar surface area (TPSA) is 75.2 Å². The third kappa shape index (κ3) is 7.30. The monoisotopic (exact) mass is 437 g/mol. The Kier molecular flexibility index (Phi) is 8.88. The fraction of sp³-hybridized carbons (Fsp3) is 0.545. The summed E-state index contributed by atoms with van der Waals surface area (Å²) < 4.78 is 19.8. The van der Waals surface area contributed by atoms with Crippen molar-refractivity contribution in [3.63, 3.8) is 0 Å². The molecule has 0 heterocycles. The van der Waals surface area contributed by atoms with E-state index in [-0.39, 0.29) is 5.75 Å². The zero-order valence-corrected chi connectivity index (χ0v) is 18.7. The van der Waals surface area contributed by atoms with E-state index in [0.29, 0.717) is 5.39 Å². The Labute approximate surface area is 179 Å². The zero-order valence-electron chi connectivity index (χ0n) is 16.9. The summed E-state index contributed by atoms with van der Waals surface area (Å²) in [6, 6.07) is 14.4. The molecule has 29 heavy (non-hydrogen) atoms. The van der Waals surface area contributed by atoms with E-state index in [0.717, 1.165) is 17.5 Å². The fourth-order valence-electron chi connectivity index (χ4n) is 4.45. The SMILES string of the molecule is C1CCC([NH2+]C2CCCCC2)CC1.O=P([O-])(OS)Oc1cccc2ccccc12. The smallest absolute Gasteiger partial charge is 0.330 e. The van der Waals surface area contributed by atoms with Gasteiger partial charge in [-0.15, -0.1) is 0 Å². The van der Waals surface area contributed by atoms with Gasteiger partial charge in [-0.25, -0.2) is 3.97 Å². The van der Waals surface area contributed by atoms with Crippen molar-refractivity contribution in [2.75, 3.05) is 0 Å². The van der Waals surface area contributed by atoms with E-state index in [9.17, 15) is 9.46 Å². The Bertz CT molecular complexity index is 785. The van der Waals surface area contributed by atoms with Crippen LogP contribution < -0.4 is 14.7 Å². The lowest BCUT2D eigenvalue weighted by atomic mass is 9.91. The fourth-order valence-corrected chi connectivity index (χ4v) is 4.98. The molecule has 2 N–H and O–H groups in total. The second-order valence-corrected chi connectivity index (χ2v) is 9.82. The second-order valence-electron chi connectivity index (χ2n) is 8.09. The van der Waals surface area contributed by atoms with Crippen LogP contribution in [-0.2, 0) is 8.54 Å². The number of nitrogens with two attached hydrogens (primary N) is 1. The number of benzene rings is 2. The van der Waals surface area contributed by atoms with Gasteiger partial charge >= 0.3 is 7.82 Å². The van der Waals surface area contributed by atoms with Crippen molar-refractivity contribution in [1.82, 2.24) is 0 Å². The molecule has 1 atom stereocenters. The van der Waals surface area contributed by atoms with Crippen LogP contribution in [0.4, 0.5) is 0 Å². The maximum Gasteiger partial charge on any atom is 0.330 e. The molecule has 4 rings (SSSR count). The van der Waals surface area contributed by atoms with Gasteiger partial charge < -0.3 is 14.7 Å². The van der Waals surface area contributed by atoms with E-state index in [1.165, 1.54) is 64.2 Å². The van der Waals surface area contributed by atoms with E-state index in [2.05, 4.69) is 22.2 Å². The molecule has 2 aromatic carbocycles. The van der Waals surface area contributed by atoms with Gasteiger partial charge in [0, 0.05) is 5.39 Å². The van der Waals surface area contributed by atoms with Crippen molar-refractivity contribution < 1.29 is 23.3 Å². The first-order chi connectivity index (χ1) is 14.1. The minimum absolute atomic E-state index is 0.227. The number of hydrogen-bond acceptors (Lipinski definition) is 5. The van der Waals surface area contributed by atoms with E-state index in [4.69, 9.17) is 4.52 Å². The molecule has 0 saturated heterocycles. The molecular weight excluding hydrogens is 405 g/mol. The number of thiol groups is 1. The van der Waals surface area contributed by atoms with Gasteiger partial charge in [0.15, 0.2) is 0 Å². The number of rotatable bonds is 5. The van der Waals surface area contributed by atoms with Gasteiger partial charge in [-0.2, -0.15) is 0 Å². The summed E-state index contributed by atoms with van der Waals surface area (Å²) in [5.41, 5.74) is 0. The molecule has 0 spiro atoms. The third-order valence-electron chi connectivity index (χ3n) is 5.90. The summed E-state index contributed by atoms with van der Waals surface area (Å²) in [6.07, 6.45) is 15.0. The van der Waals surface area contributed by atoms with Crippen LogP contribution in [0.15, 0.2) is 42.5 Å². The molecule has 0 aliphatic heterocycles. The number of phosphoric acid groups is 1. The van der Waals surface area contributed by atoms with Crippen LogP contribution in [0.3, 0.4) is 0 Å². The first-order valence-corrected chi connectivity index (χ1v) is 12.6. The lowest BCUT2D eigenvalue weighted by Gasteiger charge is -2.27. The highest BCUT2D eigenvalue weighted by Gasteiger charge is 2.22. The Hall–Kier alpha value is -1.04. The van der Waals surface area contributed by atoms with Crippen LogP contribution in [-0.4, -0.2) is 12.1 Å². The van der Waals surface area contributed by atoms with Crippen LogP contribution in [0, 0.1) is 0 Å². The molecule has 160 valence electrons. The Morgan fingerprint density at radius 2 is 1.41 bits per heavy atom. The van der Waals surface area contributed by atoms with Gasteiger partial charge in [-0.05, 0) is 75.7 Å². The van der Waals surface area contributed by atoms with Crippen LogP contribution in [0.1, 0.15) is 64.2 Å². The Morgan fingerprint density at radius 1 is 0.862 bits per heavy atom. The quantitative estimate of drug-likeness (QED) is 0.402. The molecule has 5 nitrogen and oxygen atoms in total. The second kappa shape index (κ2) is 11.4. The molecule has 2 fully saturated rings. The van der Waals surface area contributed by atoms with Crippen molar-refractivity contribution in [3.8, 4) is 5.75 Å². The summed E-state index contributed by atoms with van der Waals surface area (Å²) in [5.74, 6) is 0.227. The van der Waals surface area contributed by atoms with E-state index < -0.39 is 7.82 Å². The van der Waals surface area contributed by atoms with Crippen molar-refractivity contribution in [2.45, 2.75) is 76.3 Å². The molecule has 2 aromatic rings. The highest BCUT2D eigenvalue weighted by atomic mass is 32.1. The summed E-state index contributed by atoms with van der Waals surface area (Å²) in [7, 11) is -4.39. The summed E-state index contributed by atoms with van der Waals surface area (Å²) in [6.45, 7) is 0. The van der Waals surface area contributed by atoms with Gasteiger partial charge in [0.1, 0.15) is 5.75 Å². The molecule has 0 aromatic heterocycles. The number of hydrogen-bond donors (Lipinski definition) is 2. The highest BCUT2D eigenvalue weighted by molar-refractivity contribution is 7.80. The van der Waals surface area contributed by atoms with E-state index in [1.54, 1.807) is 24.3 Å². The molecular formula is C22H32NO4PS. The van der Waals surface area contributed by atoms with E-state index in [1.807, 2.05) is 18.2 Å². The molecule has 1 unspecified atom stereocenters. The number of quaternary nitrogens is 1. The molecule has 7 heteroatoms. The minimum Gasteiger partial charge on any atom is -0.745 e. The van der Waals surface area contributed by atoms with Crippen LogP contribution in [0.5, 0.6) is 5.75 Å². The zero-order chi connectivity index (χ0) is 20.5. The Balaban J connectivity index is 0.000000169. The van der Waals surface area contributed by atoms with Crippen molar-refractivity contribution in [1.29, 1.82) is 0 Å². The maximum atomic E-state index is 11.1. The van der Waals surface area contributed by atoms with Gasteiger partial charge in [0.05, 0.1) is 12.1 Å². The first-order valence-electron chi connectivity index (χ1n) is 10.7. The summed E-state index contributed by atoms with van der Waals surface area (Å²) in [5, 5.41) is 4.31. The molecule has 2 saturated carbocycles. The molecule has 0 radical (unpaired) electrons. The van der Waals surface area contributed by atoms with Gasteiger partial charge in [0.25, 0.3) is 0 Å². The highest BCUT2D eigenvalue weighted by Crippen LogP contribution is 2.42. The average Bonchev–Trinajstić information content (AvgIpc) is 2.76. The van der Waals surface area contributed by atoms with Gasteiger partial charge in [0.2, 0.25) is 0 Å². The van der Waals surface area contributed by atoms with Crippen molar-refractivity contribution >= 4 is 31.5 Å². The maximum absolute atomic E-state index is 11.1. The van der Waals surface area contributed by atoms with Crippen LogP contribution in [0.2, 0.25) is 0 Å². The molecule has 0 bridgehead atoms. The van der Waals surface area contributed by atoms with Crippen molar-refractivity contribution in [3.05, 3.63) is 42.5 Å². The first kappa shape index (κ1) is 22.6. The molecule has 2 aliphatic rings. The average molecular weight is 438 g/mol. The minimum atomic E-state index is -4.39.